The number of hydrogen-bond donors (Lipinski definition) is 1. The average molecular weight is 333 g/mol. The van der Waals surface area contributed by atoms with Crippen molar-refractivity contribution in [3.05, 3.63) is 78.2 Å². The molecule has 0 bridgehead atoms. The van der Waals surface area contributed by atoms with E-state index in [2.05, 4.69) is 15.3 Å². The Hall–Kier alpha value is -3.54. The third-order valence-corrected chi connectivity index (χ3v) is 3.64. The minimum atomic E-state index is -0.386. The smallest absolute Gasteiger partial charge is 0.255 e. The maximum atomic E-state index is 13.0. The van der Waals surface area contributed by atoms with E-state index in [0.29, 0.717) is 28.4 Å². The lowest BCUT2D eigenvalue weighted by Gasteiger charge is -2.06. The van der Waals surface area contributed by atoms with E-state index in [1.807, 2.05) is 6.07 Å². The second-order valence-corrected chi connectivity index (χ2v) is 5.39. The number of aromatic nitrogens is 2. The summed E-state index contributed by atoms with van der Waals surface area (Å²) >= 11 is 0. The van der Waals surface area contributed by atoms with Crippen LogP contribution in [0.15, 0.2) is 71.3 Å². The summed E-state index contributed by atoms with van der Waals surface area (Å²) in [5, 5.41) is 2.78. The lowest BCUT2D eigenvalue weighted by molar-refractivity contribution is 0.102. The fourth-order valence-electron chi connectivity index (χ4n) is 2.43. The van der Waals surface area contributed by atoms with E-state index in [-0.39, 0.29) is 11.7 Å². The minimum absolute atomic E-state index is 0.323. The van der Waals surface area contributed by atoms with Gasteiger partial charge in [0, 0.05) is 23.0 Å². The molecule has 0 unspecified atom stereocenters. The second kappa shape index (κ2) is 6.16. The third kappa shape index (κ3) is 3.10. The molecule has 122 valence electrons. The molecule has 0 radical (unpaired) electrons. The largest absolute Gasteiger partial charge is 0.434 e. The van der Waals surface area contributed by atoms with Gasteiger partial charge in [-0.1, -0.05) is 6.07 Å². The average Bonchev–Trinajstić information content (AvgIpc) is 3.07. The summed E-state index contributed by atoms with van der Waals surface area (Å²) in [7, 11) is 0. The van der Waals surface area contributed by atoms with Crippen LogP contribution in [0.2, 0.25) is 0 Å². The van der Waals surface area contributed by atoms with Crippen molar-refractivity contribution in [1.82, 2.24) is 9.97 Å². The fourth-order valence-corrected chi connectivity index (χ4v) is 2.43. The molecule has 4 aromatic rings. The van der Waals surface area contributed by atoms with Gasteiger partial charge in [0.1, 0.15) is 5.82 Å². The zero-order valence-electron chi connectivity index (χ0n) is 12.9. The standard InChI is InChI=1S/C19H12FN3O2/c20-14-8-6-12(7-9-14)18(24)22-15-4-1-3-13(11-15)19-23-17-16(25-19)5-2-10-21-17/h1-11H,(H,22,24). The number of fused-ring (bicyclic) bond motifs is 1. The van der Waals surface area contributed by atoms with Crippen molar-refractivity contribution in [2.75, 3.05) is 5.32 Å². The molecule has 2 heterocycles. The van der Waals surface area contributed by atoms with Gasteiger partial charge < -0.3 is 9.73 Å². The molecule has 0 fully saturated rings. The van der Waals surface area contributed by atoms with E-state index in [1.54, 1.807) is 36.5 Å². The van der Waals surface area contributed by atoms with Gasteiger partial charge in [0.2, 0.25) is 5.89 Å². The number of nitrogens with one attached hydrogen (secondary N) is 1. The highest BCUT2D eigenvalue weighted by Crippen LogP contribution is 2.25. The normalized spacial score (nSPS) is 10.8. The van der Waals surface area contributed by atoms with Gasteiger partial charge in [-0.3, -0.25) is 4.79 Å². The highest BCUT2D eigenvalue weighted by atomic mass is 19.1. The molecule has 2 aromatic carbocycles. The van der Waals surface area contributed by atoms with Gasteiger partial charge in [-0.05, 0) is 54.6 Å². The number of oxazole rings is 1. The highest BCUT2D eigenvalue weighted by molar-refractivity contribution is 6.04. The summed E-state index contributed by atoms with van der Waals surface area (Å²) < 4.78 is 18.6. The van der Waals surface area contributed by atoms with Crippen molar-refractivity contribution in [3.63, 3.8) is 0 Å². The van der Waals surface area contributed by atoms with Crippen LogP contribution in [0.5, 0.6) is 0 Å². The molecule has 0 aliphatic carbocycles. The number of pyridine rings is 1. The molecular formula is C19H12FN3O2. The molecule has 6 heteroatoms. The molecule has 1 amide bonds. The summed E-state index contributed by atoms with van der Waals surface area (Å²) in [6.45, 7) is 0. The Morgan fingerprint density at radius 3 is 2.68 bits per heavy atom. The van der Waals surface area contributed by atoms with Gasteiger partial charge in [-0.25, -0.2) is 9.37 Å². The predicted octanol–water partition coefficient (Wildman–Crippen LogP) is 4.28. The molecule has 0 spiro atoms. The number of nitrogens with zero attached hydrogens (tertiary/aromatic N) is 2. The molecule has 5 nitrogen and oxygen atoms in total. The summed E-state index contributed by atoms with van der Waals surface area (Å²) in [5.41, 5.74) is 2.80. The Labute approximate surface area is 142 Å². The quantitative estimate of drug-likeness (QED) is 0.607. The zero-order chi connectivity index (χ0) is 17.2. The predicted molar refractivity (Wildman–Crippen MR) is 91.6 cm³/mol. The first-order valence-corrected chi connectivity index (χ1v) is 7.58. The van der Waals surface area contributed by atoms with Gasteiger partial charge in [-0.15, -0.1) is 0 Å². The van der Waals surface area contributed by atoms with Gasteiger partial charge >= 0.3 is 0 Å². The van der Waals surface area contributed by atoms with Crippen LogP contribution in [0.25, 0.3) is 22.7 Å². The Kier molecular flexibility index (Phi) is 3.70. The summed E-state index contributed by atoms with van der Waals surface area (Å²) in [6, 6.07) is 16.1. The van der Waals surface area contributed by atoms with Crippen molar-refractivity contribution < 1.29 is 13.6 Å². The van der Waals surface area contributed by atoms with Crippen molar-refractivity contribution in [2.24, 2.45) is 0 Å². The van der Waals surface area contributed by atoms with Crippen LogP contribution in [0.1, 0.15) is 10.4 Å². The van der Waals surface area contributed by atoms with E-state index >= 15 is 0 Å². The Morgan fingerprint density at radius 2 is 1.88 bits per heavy atom. The maximum absolute atomic E-state index is 13.0. The lowest BCUT2D eigenvalue weighted by atomic mass is 10.1. The maximum Gasteiger partial charge on any atom is 0.255 e. The summed E-state index contributed by atoms with van der Waals surface area (Å²) in [5.74, 6) is -0.286. The number of carbonyl (C=O) groups is 1. The first-order chi connectivity index (χ1) is 12.2. The Morgan fingerprint density at radius 1 is 1.04 bits per heavy atom. The van der Waals surface area contributed by atoms with E-state index in [9.17, 15) is 9.18 Å². The van der Waals surface area contributed by atoms with Crippen LogP contribution in [0.4, 0.5) is 10.1 Å². The van der Waals surface area contributed by atoms with Crippen molar-refractivity contribution in [3.8, 4) is 11.5 Å². The van der Waals surface area contributed by atoms with Gasteiger partial charge in [0.05, 0.1) is 0 Å². The second-order valence-electron chi connectivity index (χ2n) is 5.39. The number of carbonyl (C=O) groups excluding carboxylic acids is 1. The third-order valence-electron chi connectivity index (χ3n) is 3.64. The molecule has 1 N–H and O–H groups in total. The summed E-state index contributed by atoms with van der Waals surface area (Å²) in [6.07, 6.45) is 1.65. The topological polar surface area (TPSA) is 68.0 Å². The van der Waals surface area contributed by atoms with Crippen molar-refractivity contribution in [2.45, 2.75) is 0 Å². The molecule has 0 atom stereocenters. The SMILES string of the molecule is O=C(Nc1cccc(-c2nc3ncccc3o2)c1)c1ccc(F)cc1. The van der Waals surface area contributed by atoms with Crippen LogP contribution in [0.3, 0.4) is 0 Å². The zero-order valence-corrected chi connectivity index (χ0v) is 12.9. The number of halogens is 1. The minimum Gasteiger partial charge on any atom is -0.434 e. The molecule has 0 saturated carbocycles. The van der Waals surface area contributed by atoms with Crippen LogP contribution >= 0.6 is 0 Å². The molecule has 4 rings (SSSR count). The van der Waals surface area contributed by atoms with Gasteiger partial charge in [0.15, 0.2) is 11.2 Å². The lowest BCUT2D eigenvalue weighted by Crippen LogP contribution is -2.11. The van der Waals surface area contributed by atoms with Crippen molar-refractivity contribution in [1.29, 1.82) is 0 Å². The van der Waals surface area contributed by atoms with E-state index in [0.717, 1.165) is 5.56 Å². The molecule has 25 heavy (non-hydrogen) atoms. The van der Waals surface area contributed by atoms with Gasteiger partial charge in [-0.2, -0.15) is 4.98 Å². The van der Waals surface area contributed by atoms with Crippen LogP contribution in [0, 0.1) is 5.82 Å². The van der Waals surface area contributed by atoms with E-state index in [4.69, 9.17) is 4.42 Å². The Balaban J connectivity index is 1.60. The molecule has 0 aliphatic heterocycles. The van der Waals surface area contributed by atoms with E-state index < -0.39 is 0 Å². The number of hydrogen-bond acceptors (Lipinski definition) is 4. The Bertz CT molecular complexity index is 1020. The molecule has 0 saturated heterocycles. The monoisotopic (exact) mass is 333 g/mol. The van der Waals surface area contributed by atoms with E-state index in [1.165, 1.54) is 24.3 Å². The molecular weight excluding hydrogens is 321 g/mol. The number of benzene rings is 2. The first-order valence-electron chi connectivity index (χ1n) is 7.58. The fraction of sp³-hybridized carbons (Fsp3) is 0. The first kappa shape index (κ1) is 15.0. The van der Waals surface area contributed by atoms with Crippen LogP contribution in [-0.4, -0.2) is 15.9 Å². The van der Waals surface area contributed by atoms with Crippen LogP contribution < -0.4 is 5.32 Å². The number of rotatable bonds is 3. The van der Waals surface area contributed by atoms with Crippen molar-refractivity contribution >= 4 is 22.8 Å². The number of amides is 1. The van der Waals surface area contributed by atoms with Crippen LogP contribution in [-0.2, 0) is 0 Å². The highest BCUT2D eigenvalue weighted by Gasteiger charge is 2.11. The molecule has 2 aromatic heterocycles. The number of anilines is 1. The van der Waals surface area contributed by atoms with Gasteiger partial charge in [0.25, 0.3) is 5.91 Å². The molecule has 0 aliphatic rings. The summed E-state index contributed by atoms with van der Waals surface area (Å²) in [4.78, 5) is 20.7.